The Morgan fingerprint density at radius 2 is 1.82 bits per heavy atom. The number of nitrogen functional groups attached to an aromatic ring is 2. The summed E-state index contributed by atoms with van der Waals surface area (Å²) in [7, 11) is 0. The van der Waals surface area contributed by atoms with Crippen molar-refractivity contribution in [3.05, 3.63) is 30.3 Å². The minimum Gasteiger partial charge on any atom is -0.494 e. The minimum absolute atomic E-state index is 0.350. The van der Waals surface area contributed by atoms with Crippen LogP contribution in [0, 0.1) is 0 Å². The smallest absolute Gasteiger partial charge is 0.154 e. The van der Waals surface area contributed by atoms with Gasteiger partial charge in [-0.15, -0.1) is 10.2 Å². The van der Waals surface area contributed by atoms with Gasteiger partial charge in [-0.1, -0.05) is 12.1 Å². The predicted octanol–water partition coefficient (Wildman–Crippen LogP) is 1.71. The van der Waals surface area contributed by atoms with E-state index < -0.39 is 0 Å². The van der Waals surface area contributed by atoms with Crippen LogP contribution >= 0.6 is 0 Å². The Labute approximate surface area is 99.4 Å². The van der Waals surface area contributed by atoms with E-state index in [9.17, 15) is 0 Å². The summed E-state index contributed by atoms with van der Waals surface area (Å²) in [6, 6.07) is 9.30. The first-order chi connectivity index (χ1) is 8.20. The summed E-state index contributed by atoms with van der Waals surface area (Å²) in [5.41, 5.74) is 13.1. The Morgan fingerprint density at radius 3 is 2.47 bits per heavy atom. The number of nitrogens with zero attached hydrogens (tertiary/aromatic N) is 2. The molecule has 0 atom stereocenters. The zero-order valence-electron chi connectivity index (χ0n) is 9.55. The molecule has 0 radical (unpaired) electrons. The number of rotatable bonds is 3. The van der Waals surface area contributed by atoms with Crippen LogP contribution in [-0.4, -0.2) is 16.8 Å². The highest BCUT2D eigenvalue weighted by atomic mass is 16.5. The number of nitrogens with two attached hydrogens (primary N) is 2. The Hall–Kier alpha value is -2.30. The number of hydrogen-bond donors (Lipinski definition) is 2. The second kappa shape index (κ2) is 4.69. The highest BCUT2D eigenvalue weighted by Crippen LogP contribution is 2.26. The van der Waals surface area contributed by atoms with Gasteiger partial charge in [0, 0.05) is 5.56 Å². The summed E-state index contributed by atoms with van der Waals surface area (Å²) in [5, 5.41) is 7.48. The first-order valence-corrected chi connectivity index (χ1v) is 5.32. The summed E-state index contributed by atoms with van der Waals surface area (Å²) >= 11 is 0. The number of hydrogen-bond acceptors (Lipinski definition) is 5. The Morgan fingerprint density at radius 1 is 1.12 bits per heavy atom. The van der Waals surface area contributed by atoms with Gasteiger partial charge in [-0.05, 0) is 30.7 Å². The van der Waals surface area contributed by atoms with Crippen LogP contribution < -0.4 is 16.2 Å². The Balaban J connectivity index is 2.36. The van der Waals surface area contributed by atoms with Crippen LogP contribution in [0.4, 0.5) is 11.6 Å². The van der Waals surface area contributed by atoms with Crippen molar-refractivity contribution in [2.24, 2.45) is 0 Å². The molecule has 17 heavy (non-hydrogen) atoms. The molecule has 4 N–H and O–H groups in total. The van der Waals surface area contributed by atoms with E-state index in [0.29, 0.717) is 18.2 Å². The lowest BCUT2D eigenvalue weighted by atomic mass is 10.1. The molecule has 0 amide bonds. The molecular formula is C12H14N4O. The number of aromatic nitrogens is 2. The standard InChI is InChI=1S/C12H14N4O/c1-2-17-9-5-3-8(4-6-9)10-7-11(13)15-16-12(10)14/h3-7H,2H2,1H3,(H2,13,15)(H2,14,16). The minimum atomic E-state index is 0.350. The molecule has 0 spiro atoms. The van der Waals surface area contributed by atoms with E-state index in [0.717, 1.165) is 16.9 Å². The molecule has 2 aromatic rings. The molecule has 0 saturated carbocycles. The molecular weight excluding hydrogens is 216 g/mol. The predicted molar refractivity (Wildman–Crippen MR) is 67.5 cm³/mol. The third kappa shape index (κ3) is 2.44. The van der Waals surface area contributed by atoms with Gasteiger partial charge >= 0.3 is 0 Å². The Kier molecular flexibility index (Phi) is 3.09. The molecule has 5 nitrogen and oxygen atoms in total. The normalized spacial score (nSPS) is 10.2. The molecule has 0 unspecified atom stereocenters. The third-order valence-electron chi connectivity index (χ3n) is 2.32. The maximum absolute atomic E-state index is 5.76. The van der Waals surface area contributed by atoms with E-state index in [1.54, 1.807) is 6.07 Å². The van der Waals surface area contributed by atoms with E-state index in [4.69, 9.17) is 16.2 Å². The molecule has 5 heteroatoms. The van der Waals surface area contributed by atoms with Crippen molar-refractivity contribution in [1.29, 1.82) is 0 Å². The maximum atomic E-state index is 5.76. The summed E-state index contributed by atoms with van der Waals surface area (Å²) in [4.78, 5) is 0. The first kappa shape index (κ1) is 11.2. The number of ether oxygens (including phenoxy) is 1. The lowest BCUT2D eigenvalue weighted by Gasteiger charge is -2.07. The van der Waals surface area contributed by atoms with Crippen LogP contribution in [0.25, 0.3) is 11.1 Å². The Bertz CT molecular complexity index is 510. The molecule has 0 aliphatic heterocycles. The van der Waals surface area contributed by atoms with Crippen LogP contribution in [0.1, 0.15) is 6.92 Å². The lowest BCUT2D eigenvalue weighted by molar-refractivity contribution is 0.340. The average Bonchev–Trinajstić information content (AvgIpc) is 2.34. The maximum Gasteiger partial charge on any atom is 0.154 e. The summed E-state index contributed by atoms with van der Waals surface area (Å²) in [6.45, 7) is 2.59. The second-order valence-electron chi connectivity index (χ2n) is 3.53. The summed E-state index contributed by atoms with van der Waals surface area (Å²) < 4.78 is 5.37. The quantitative estimate of drug-likeness (QED) is 0.838. The second-order valence-corrected chi connectivity index (χ2v) is 3.53. The van der Waals surface area contributed by atoms with E-state index in [-0.39, 0.29) is 0 Å². The van der Waals surface area contributed by atoms with Gasteiger partial charge in [0.2, 0.25) is 0 Å². The van der Waals surface area contributed by atoms with Crippen LogP contribution in [0.5, 0.6) is 5.75 Å². The molecule has 88 valence electrons. The monoisotopic (exact) mass is 230 g/mol. The molecule has 0 saturated heterocycles. The molecule has 2 rings (SSSR count). The van der Waals surface area contributed by atoms with Crippen LogP contribution in [0.15, 0.2) is 30.3 Å². The van der Waals surface area contributed by atoms with Gasteiger partial charge < -0.3 is 16.2 Å². The molecule has 0 fully saturated rings. The molecule has 1 heterocycles. The molecule has 0 aliphatic carbocycles. The zero-order chi connectivity index (χ0) is 12.3. The average molecular weight is 230 g/mol. The largest absolute Gasteiger partial charge is 0.494 e. The third-order valence-corrected chi connectivity index (χ3v) is 2.32. The fourth-order valence-electron chi connectivity index (χ4n) is 1.54. The lowest BCUT2D eigenvalue weighted by Crippen LogP contribution is -2.00. The van der Waals surface area contributed by atoms with Gasteiger partial charge in [0.1, 0.15) is 11.6 Å². The highest BCUT2D eigenvalue weighted by molar-refractivity contribution is 5.75. The van der Waals surface area contributed by atoms with E-state index in [1.807, 2.05) is 31.2 Å². The van der Waals surface area contributed by atoms with Crippen molar-refractivity contribution in [3.8, 4) is 16.9 Å². The van der Waals surface area contributed by atoms with Gasteiger partial charge in [-0.2, -0.15) is 0 Å². The van der Waals surface area contributed by atoms with E-state index in [2.05, 4.69) is 10.2 Å². The van der Waals surface area contributed by atoms with Crippen molar-refractivity contribution in [2.75, 3.05) is 18.1 Å². The molecule has 0 aliphatic rings. The SMILES string of the molecule is CCOc1ccc(-c2cc(N)nnc2N)cc1. The first-order valence-electron chi connectivity index (χ1n) is 5.32. The fourth-order valence-corrected chi connectivity index (χ4v) is 1.54. The van der Waals surface area contributed by atoms with Crippen molar-refractivity contribution in [1.82, 2.24) is 10.2 Å². The van der Waals surface area contributed by atoms with Gasteiger partial charge in [-0.25, -0.2) is 0 Å². The van der Waals surface area contributed by atoms with Gasteiger partial charge in [0.15, 0.2) is 5.82 Å². The van der Waals surface area contributed by atoms with Crippen molar-refractivity contribution >= 4 is 11.6 Å². The van der Waals surface area contributed by atoms with Crippen LogP contribution in [0.2, 0.25) is 0 Å². The topological polar surface area (TPSA) is 87.0 Å². The van der Waals surface area contributed by atoms with Gasteiger partial charge in [0.25, 0.3) is 0 Å². The van der Waals surface area contributed by atoms with Crippen molar-refractivity contribution < 1.29 is 4.74 Å². The van der Waals surface area contributed by atoms with Crippen molar-refractivity contribution in [2.45, 2.75) is 6.92 Å². The van der Waals surface area contributed by atoms with Gasteiger partial charge in [-0.3, -0.25) is 0 Å². The van der Waals surface area contributed by atoms with E-state index in [1.165, 1.54) is 0 Å². The number of anilines is 2. The fraction of sp³-hybridized carbons (Fsp3) is 0.167. The molecule has 0 bridgehead atoms. The number of benzene rings is 1. The molecule has 1 aromatic carbocycles. The van der Waals surface area contributed by atoms with Crippen LogP contribution in [0.3, 0.4) is 0 Å². The summed E-state index contributed by atoms with van der Waals surface area (Å²) in [6.07, 6.45) is 0. The van der Waals surface area contributed by atoms with E-state index >= 15 is 0 Å². The molecule has 1 aromatic heterocycles. The summed E-state index contributed by atoms with van der Waals surface area (Å²) in [5.74, 6) is 1.54. The highest BCUT2D eigenvalue weighted by Gasteiger charge is 2.05. The van der Waals surface area contributed by atoms with Gasteiger partial charge in [0.05, 0.1) is 6.61 Å². The van der Waals surface area contributed by atoms with Crippen molar-refractivity contribution in [3.63, 3.8) is 0 Å². The van der Waals surface area contributed by atoms with Crippen LogP contribution in [-0.2, 0) is 0 Å². The zero-order valence-corrected chi connectivity index (χ0v) is 9.55.